The molecule has 1 fully saturated rings. The summed E-state index contributed by atoms with van der Waals surface area (Å²) in [6, 6.07) is 3.85. The van der Waals surface area contributed by atoms with Crippen molar-refractivity contribution < 1.29 is 19.0 Å². The van der Waals surface area contributed by atoms with E-state index in [0.29, 0.717) is 10.6 Å². The summed E-state index contributed by atoms with van der Waals surface area (Å²) in [6.07, 6.45) is 2.25. The quantitative estimate of drug-likeness (QED) is 0.841. The van der Waals surface area contributed by atoms with Crippen LogP contribution in [0.3, 0.4) is 0 Å². The van der Waals surface area contributed by atoms with E-state index in [9.17, 15) is 9.18 Å². The number of ether oxygens (including phenoxy) is 1. The van der Waals surface area contributed by atoms with Crippen LogP contribution in [0.4, 0.5) is 4.39 Å². The number of hydrogen-bond acceptors (Lipinski definition) is 3. The second-order valence-electron chi connectivity index (χ2n) is 3.89. The van der Waals surface area contributed by atoms with E-state index < -0.39 is 11.8 Å². The van der Waals surface area contributed by atoms with Gasteiger partial charge < -0.3 is 9.84 Å². The van der Waals surface area contributed by atoms with E-state index in [1.807, 2.05) is 0 Å². The van der Waals surface area contributed by atoms with Crippen LogP contribution in [-0.4, -0.2) is 29.5 Å². The lowest BCUT2D eigenvalue weighted by atomic mass is 10.2. The predicted octanol–water partition coefficient (Wildman–Crippen LogP) is 2.80. The number of rotatable bonds is 4. The highest BCUT2D eigenvalue weighted by Crippen LogP contribution is 2.27. The monoisotopic (exact) mass is 256 g/mol. The van der Waals surface area contributed by atoms with Crippen molar-refractivity contribution >= 4 is 17.7 Å². The molecule has 2 rings (SSSR count). The van der Waals surface area contributed by atoms with E-state index in [1.165, 1.54) is 23.9 Å². The molecule has 17 heavy (non-hydrogen) atoms. The van der Waals surface area contributed by atoms with Crippen molar-refractivity contribution in [3.63, 3.8) is 0 Å². The van der Waals surface area contributed by atoms with Crippen LogP contribution in [0.25, 0.3) is 0 Å². The molecule has 0 saturated carbocycles. The molecule has 5 heteroatoms. The van der Waals surface area contributed by atoms with E-state index in [0.717, 1.165) is 25.5 Å². The van der Waals surface area contributed by atoms with E-state index >= 15 is 0 Å². The van der Waals surface area contributed by atoms with Gasteiger partial charge in [0.05, 0.1) is 11.7 Å². The third-order valence-corrected chi connectivity index (χ3v) is 3.83. The zero-order chi connectivity index (χ0) is 12.3. The fraction of sp³-hybridized carbons (Fsp3) is 0.417. The Bertz CT molecular complexity index is 416. The Hall–Kier alpha value is -1.07. The minimum Gasteiger partial charge on any atom is -0.478 e. The smallest absolute Gasteiger partial charge is 0.336 e. The second kappa shape index (κ2) is 5.51. The number of carboxylic acids is 1. The molecule has 1 aromatic carbocycles. The van der Waals surface area contributed by atoms with Crippen molar-refractivity contribution in [2.45, 2.75) is 23.8 Å². The van der Waals surface area contributed by atoms with Crippen molar-refractivity contribution in [3.05, 3.63) is 29.6 Å². The topological polar surface area (TPSA) is 46.5 Å². The SMILES string of the molecule is O=C(O)c1cc(F)ccc1SCC1CCCO1. The highest BCUT2D eigenvalue weighted by Gasteiger charge is 2.18. The Morgan fingerprint density at radius 1 is 1.59 bits per heavy atom. The zero-order valence-corrected chi connectivity index (χ0v) is 10.0. The van der Waals surface area contributed by atoms with Crippen LogP contribution in [0.15, 0.2) is 23.1 Å². The van der Waals surface area contributed by atoms with Crippen LogP contribution in [0.5, 0.6) is 0 Å². The van der Waals surface area contributed by atoms with Gasteiger partial charge in [-0.25, -0.2) is 9.18 Å². The van der Waals surface area contributed by atoms with Crippen molar-refractivity contribution in [1.29, 1.82) is 0 Å². The van der Waals surface area contributed by atoms with Gasteiger partial charge in [-0.2, -0.15) is 0 Å². The summed E-state index contributed by atoms with van der Waals surface area (Å²) in [5, 5.41) is 8.97. The Balaban J connectivity index is 2.06. The molecule has 0 aromatic heterocycles. The lowest BCUT2D eigenvalue weighted by molar-refractivity contribution is 0.0692. The van der Waals surface area contributed by atoms with Gasteiger partial charge in [-0.15, -0.1) is 11.8 Å². The molecule has 1 N–H and O–H groups in total. The van der Waals surface area contributed by atoms with E-state index in [-0.39, 0.29) is 11.7 Å². The summed E-state index contributed by atoms with van der Waals surface area (Å²) in [5.41, 5.74) is 0.0213. The molecular formula is C12H13FO3S. The van der Waals surface area contributed by atoms with Gasteiger partial charge in [-0.3, -0.25) is 0 Å². The summed E-state index contributed by atoms with van der Waals surface area (Å²) >= 11 is 1.41. The standard InChI is InChI=1S/C12H13FO3S/c13-8-3-4-11(10(6-8)12(14)15)17-7-9-2-1-5-16-9/h3-4,6,9H,1-2,5,7H2,(H,14,15). The highest BCUT2D eigenvalue weighted by atomic mass is 32.2. The molecule has 3 nitrogen and oxygen atoms in total. The maximum atomic E-state index is 13.0. The first kappa shape index (κ1) is 12.4. The van der Waals surface area contributed by atoms with E-state index in [2.05, 4.69) is 0 Å². The minimum absolute atomic E-state index is 0.0213. The predicted molar refractivity (Wildman–Crippen MR) is 63.1 cm³/mol. The van der Waals surface area contributed by atoms with Crippen molar-refractivity contribution in [3.8, 4) is 0 Å². The van der Waals surface area contributed by atoms with E-state index in [4.69, 9.17) is 9.84 Å². The Labute approximate surface area is 103 Å². The number of carbonyl (C=O) groups is 1. The van der Waals surface area contributed by atoms with Gasteiger partial charge in [0.25, 0.3) is 0 Å². The molecule has 1 aromatic rings. The summed E-state index contributed by atoms with van der Waals surface area (Å²) in [7, 11) is 0. The summed E-state index contributed by atoms with van der Waals surface area (Å²) in [4.78, 5) is 11.6. The van der Waals surface area contributed by atoms with Crippen molar-refractivity contribution in [2.24, 2.45) is 0 Å². The zero-order valence-electron chi connectivity index (χ0n) is 9.19. The molecular weight excluding hydrogens is 243 g/mol. The first-order valence-corrected chi connectivity index (χ1v) is 6.42. The van der Waals surface area contributed by atoms with Gasteiger partial charge in [0.1, 0.15) is 5.82 Å². The van der Waals surface area contributed by atoms with Gasteiger partial charge in [-0.1, -0.05) is 0 Å². The Kier molecular flexibility index (Phi) is 4.02. The summed E-state index contributed by atoms with van der Waals surface area (Å²) in [5.74, 6) is -0.908. The molecule has 1 aliphatic rings. The molecule has 0 amide bonds. The average Bonchev–Trinajstić information content (AvgIpc) is 2.80. The first-order chi connectivity index (χ1) is 8.16. The van der Waals surface area contributed by atoms with Crippen LogP contribution < -0.4 is 0 Å². The Morgan fingerprint density at radius 2 is 2.41 bits per heavy atom. The largest absolute Gasteiger partial charge is 0.478 e. The highest BCUT2D eigenvalue weighted by molar-refractivity contribution is 7.99. The maximum Gasteiger partial charge on any atom is 0.336 e. The van der Waals surface area contributed by atoms with E-state index in [1.54, 1.807) is 0 Å². The van der Waals surface area contributed by atoms with Crippen molar-refractivity contribution in [2.75, 3.05) is 12.4 Å². The molecule has 1 saturated heterocycles. The van der Waals surface area contributed by atoms with Gasteiger partial charge in [0, 0.05) is 17.3 Å². The lowest BCUT2D eigenvalue weighted by Gasteiger charge is -2.10. The third kappa shape index (κ3) is 3.20. The molecule has 1 atom stereocenters. The number of carboxylic acid groups (broad SMARTS) is 1. The molecule has 1 unspecified atom stereocenters. The normalized spacial score (nSPS) is 19.5. The number of hydrogen-bond donors (Lipinski definition) is 1. The van der Waals surface area contributed by atoms with Crippen molar-refractivity contribution in [1.82, 2.24) is 0 Å². The van der Waals surface area contributed by atoms with Gasteiger partial charge in [0.2, 0.25) is 0 Å². The molecule has 0 radical (unpaired) electrons. The molecule has 92 valence electrons. The number of halogens is 1. The van der Waals surface area contributed by atoms with Crippen LogP contribution in [0.2, 0.25) is 0 Å². The van der Waals surface area contributed by atoms with Crippen LogP contribution in [-0.2, 0) is 4.74 Å². The third-order valence-electron chi connectivity index (χ3n) is 2.62. The molecule has 1 heterocycles. The van der Waals surface area contributed by atoms with Gasteiger partial charge in [-0.05, 0) is 31.0 Å². The molecule has 0 spiro atoms. The average molecular weight is 256 g/mol. The fourth-order valence-corrected chi connectivity index (χ4v) is 2.85. The van der Waals surface area contributed by atoms with Crippen LogP contribution >= 0.6 is 11.8 Å². The molecule has 1 aliphatic heterocycles. The fourth-order valence-electron chi connectivity index (χ4n) is 1.75. The number of benzene rings is 1. The van der Waals surface area contributed by atoms with Gasteiger partial charge in [0.15, 0.2) is 0 Å². The number of aromatic carboxylic acids is 1. The maximum absolute atomic E-state index is 13.0. The lowest BCUT2D eigenvalue weighted by Crippen LogP contribution is -2.09. The minimum atomic E-state index is -1.10. The first-order valence-electron chi connectivity index (χ1n) is 5.44. The van der Waals surface area contributed by atoms with Gasteiger partial charge >= 0.3 is 5.97 Å². The summed E-state index contributed by atoms with van der Waals surface area (Å²) < 4.78 is 18.4. The Morgan fingerprint density at radius 3 is 3.06 bits per heavy atom. The second-order valence-corrected chi connectivity index (χ2v) is 4.95. The molecule has 0 aliphatic carbocycles. The van der Waals surface area contributed by atoms with Crippen LogP contribution in [0, 0.1) is 5.82 Å². The summed E-state index contributed by atoms with van der Waals surface area (Å²) in [6.45, 7) is 0.778. The van der Waals surface area contributed by atoms with Crippen LogP contribution in [0.1, 0.15) is 23.2 Å². The molecule has 0 bridgehead atoms. The number of thioether (sulfide) groups is 1.